The Morgan fingerprint density at radius 1 is 1.14 bits per heavy atom. The largest absolute Gasteiger partial charge is 0.458 e. The molecule has 0 bridgehead atoms. The smallest absolute Gasteiger partial charge is 0.244 e. The minimum atomic E-state index is -5.67. The molecule has 1 heterocycles. The van der Waals surface area contributed by atoms with Gasteiger partial charge in [-0.3, -0.25) is 0 Å². The van der Waals surface area contributed by atoms with Crippen LogP contribution in [-0.4, -0.2) is 11.2 Å². The van der Waals surface area contributed by atoms with E-state index in [-0.39, 0.29) is 0 Å². The first-order valence-electron chi connectivity index (χ1n) is 3.32. The lowest BCUT2D eigenvalue weighted by molar-refractivity contribution is -0.289. The molecule has 0 fully saturated rings. The lowest BCUT2D eigenvalue weighted by Gasteiger charge is -2.19. The maximum absolute atomic E-state index is 12.7. The fourth-order valence-electron chi connectivity index (χ4n) is 0.773. The Bertz CT molecular complexity index is 335. The number of aromatic nitrogens is 1. The topological polar surface area (TPSA) is 12.9 Å². The van der Waals surface area contributed by atoms with Crippen LogP contribution < -0.4 is 0 Å². The summed E-state index contributed by atoms with van der Waals surface area (Å²) in [6, 6.07) is 1.55. The van der Waals surface area contributed by atoms with Crippen molar-refractivity contribution in [1.29, 1.82) is 0 Å². The minimum absolute atomic E-state index is 0.586. The first kappa shape index (κ1) is 11.2. The van der Waals surface area contributed by atoms with E-state index in [9.17, 15) is 22.0 Å². The molecule has 0 radical (unpaired) electrons. The average molecular weight is 232 g/mol. The predicted octanol–water partition coefficient (Wildman–Crippen LogP) is 3.39. The Labute approximate surface area is 80.5 Å². The van der Waals surface area contributed by atoms with Gasteiger partial charge in [0.05, 0.1) is 5.56 Å². The van der Waals surface area contributed by atoms with Crippen molar-refractivity contribution in [2.75, 3.05) is 0 Å². The monoisotopic (exact) mass is 231 g/mol. The summed E-state index contributed by atoms with van der Waals surface area (Å²) in [4.78, 5) is 3.14. The zero-order chi connectivity index (χ0) is 11.0. The highest BCUT2D eigenvalue weighted by molar-refractivity contribution is 6.30. The highest BCUT2D eigenvalue weighted by Gasteiger charge is 2.59. The third-order valence-corrected chi connectivity index (χ3v) is 1.75. The van der Waals surface area contributed by atoms with Gasteiger partial charge in [-0.15, -0.1) is 0 Å². The highest BCUT2D eigenvalue weighted by atomic mass is 35.5. The van der Waals surface area contributed by atoms with Crippen molar-refractivity contribution in [1.82, 2.24) is 4.98 Å². The summed E-state index contributed by atoms with van der Waals surface area (Å²) in [5.74, 6) is -4.97. The Kier molecular flexibility index (Phi) is 2.67. The summed E-state index contributed by atoms with van der Waals surface area (Å²) in [5, 5.41) is -0.852. The van der Waals surface area contributed by atoms with E-state index in [4.69, 9.17) is 11.6 Å². The molecule has 0 N–H and O–H groups in total. The van der Waals surface area contributed by atoms with Crippen molar-refractivity contribution in [2.45, 2.75) is 12.1 Å². The summed E-state index contributed by atoms with van der Waals surface area (Å²) in [7, 11) is 0. The zero-order valence-electron chi connectivity index (χ0n) is 6.45. The van der Waals surface area contributed by atoms with Crippen molar-refractivity contribution >= 4 is 11.6 Å². The Hall–Kier alpha value is -0.910. The molecule has 1 rings (SSSR count). The Balaban J connectivity index is 3.23. The first-order valence-corrected chi connectivity index (χ1v) is 3.70. The molecule has 0 aliphatic heterocycles. The zero-order valence-corrected chi connectivity index (χ0v) is 7.20. The van der Waals surface area contributed by atoms with Gasteiger partial charge in [0.2, 0.25) is 0 Å². The molecular formula is C7H3ClF5N. The summed E-state index contributed by atoms with van der Waals surface area (Å²) in [6.45, 7) is 0. The molecule has 0 saturated carbocycles. The third kappa shape index (κ3) is 1.79. The first-order chi connectivity index (χ1) is 6.27. The van der Waals surface area contributed by atoms with Gasteiger partial charge in [0.1, 0.15) is 5.15 Å². The quantitative estimate of drug-likeness (QED) is 0.533. The number of nitrogens with zero attached hydrogens (tertiary/aromatic N) is 1. The molecular weight excluding hydrogens is 229 g/mol. The van der Waals surface area contributed by atoms with E-state index >= 15 is 0 Å². The Morgan fingerprint density at radius 3 is 2.14 bits per heavy atom. The van der Waals surface area contributed by atoms with Crippen molar-refractivity contribution < 1.29 is 22.0 Å². The molecule has 0 unspecified atom stereocenters. The molecule has 7 heteroatoms. The van der Waals surface area contributed by atoms with Crippen LogP contribution in [0.25, 0.3) is 0 Å². The molecule has 0 atom stereocenters. The number of pyridine rings is 1. The average Bonchev–Trinajstić information content (AvgIpc) is 2.02. The van der Waals surface area contributed by atoms with Gasteiger partial charge in [0.15, 0.2) is 0 Å². The number of hydrogen-bond donors (Lipinski definition) is 0. The Morgan fingerprint density at radius 2 is 1.71 bits per heavy atom. The second-order valence-corrected chi connectivity index (χ2v) is 2.77. The number of halogens is 6. The normalized spacial score (nSPS) is 13.0. The molecule has 0 aliphatic carbocycles. The molecule has 0 aliphatic rings. The van der Waals surface area contributed by atoms with Gasteiger partial charge in [-0.1, -0.05) is 11.6 Å². The minimum Gasteiger partial charge on any atom is -0.244 e. The van der Waals surface area contributed by atoms with Crippen LogP contribution in [0.15, 0.2) is 18.3 Å². The summed E-state index contributed by atoms with van der Waals surface area (Å²) >= 11 is 5.12. The van der Waals surface area contributed by atoms with Crippen molar-refractivity contribution in [3.63, 3.8) is 0 Å². The molecule has 0 saturated heterocycles. The fourth-order valence-corrected chi connectivity index (χ4v) is 1.01. The van der Waals surface area contributed by atoms with Crippen LogP contribution >= 0.6 is 11.6 Å². The van der Waals surface area contributed by atoms with Crippen LogP contribution in [0.2, 0.25) is 5.15 Å². The maximum Gasteiger partial charge on any atom is 0.458 e. The molecule has 78 valence electrons. The molecule has 1 aromatic heterocycles. The van der Waals surface area contributed by atoms with E-state index in [1.807, 2.05) is 0 Å². The van der Waals surface area contributed by atoms with E-state index in [0.717, 1.165) is 12.3 Å². The molecule has 14 heavy (non-hydrogen) atoms. The number of hydrogen-bond acceptors (Lipinski definition) is 1. The molecule has 0 aromatic carbocycles. The van der Waals surface area contributed by atoms with Crippen LogP contribution in [0.4, 0.5) is 22.0 Å². The number of alkyl halides is 5. The van der Waals surface area contributed by atoms with Gasteiger partial charge >= 0.3 is 12.1 Å². The van der Waals surface area contributed by atoms with Gasteiger partial charge < -0.3 is 0 Å². The van der Waals surface area contributed by atoms with Crippen LogP contribution in [0.1, 0.15) is 5.56 Å². The van der Waals surface area contributed by atoms with Crippen molar-refractivity contribution in [3.8, 4) is 0 Å². The second-order valence-electron chi connectivity index (χ2n) is 2.41. The molecule has 1 nitrogen and oxygen atoms in total. The SMILES string of the molecule is FC(F)(F)C(F)(F)c1cccnc1Cl. The summed E-state index contributed by atoms with van der Waals surface area (Å²) in [5.41, 5.74) is -1.34. The second kappa shape index (κ2) is 3.34. The van der Waals surface area contributed by atoms with E-state index in [1.165, 1.54) is 0 Å². The van der Waals surface area contributed by atoms with Gasteiger partial charge in [0, 0.05) is 6.20 Å². The van der Waals surface area contributed by atoms with Crippen LogP contribution in [0.5, 0.6) is 0 Å². The standard InChI is InChI=1S/C7H3ClF5N/c8-5-4(2-1-3-14-5)6(9,10)7(11,12)13/h1-3H. The molecule has 0 spiro atoms. The lowest BCUT2D eigenvalue weighted by Crippen LogP contribution is -2.34. The lowest BCUT2D eigenvalue weighted by atomic mass is 10.1. The van der Waals surface area contributed by atoms with Gasteiger partial charge in [-0.2, -0.15) is 22.0 Å². The number of rotatable bonds is 1. The molecule has 1 aromatic rings. The van der Waals surface area contributed by atoms with Crippen LogP contribution in [-0.2, 0) is 5.92 Å². The van der Waals surface area contributed by atoms with Gasteiger partial charge in [-0.25, -0.2) is 4.98 Å². The van der Waals surface area contributed by atoms with E-state index < -0.39 is 22.8 Å². The predicted molar refractivity (Wildman–Crippen MR) is 39.2 cm³/mol. The fraction of sp³-hybridized carbons (Fsp3) is 0.286. The maximum atomic E-state index is 12.7. The van der Waals surface area contributed by atoms with Crippen LogP contribution in [0, 0.1) is 0 Å². The van der Waals surface area contributed by atoms with Gasteiger partial charge in [-0.05, 0) is 12.1 Å². The summed E-state index contributed by atoms with van der Waals surface area (Å²) in [6.07, 6.45) is -4.64. The van der Waals surface area contributed by atoms with Crippen LogP contribution in [0.3, 0.4) is 0 Å². The third-order valence-electron chi connectivity index (χ3n) is 1.45. The molecule has 0 amide bonds. The summed E-state index contributed by atoms with van der Waals surface area (Å²) < 4.78 is 60.9. The highest BCUT2D eigenvalue weighted by Crippen LogP contribution is 2.45. The van der Waals surface area contributed by atoms with E-state index in [1.54, 1.807) is 0 Å². The van der Waals surface area contributed by atoms with E-state index in [2.05, 4.69) is 4.98 Å². The van der Waals surface area contributed by atoms with Crippen molar-refractivity contribution in [2.24, 2.45) is 0 Å². The van der Waals surface area contributed by atoms with Crippen molar-refractivity contribution in [3.05, 3.63) is 29.0 Å². The van der Waals surface area contributed by atoms with Gasteiger partial charge in [0.25, 0.3) is 0 Å². The van der Waals surface area contributed by atoms with E-state index in [0.29, 0.717) is 6.07 Å².